The van der Waals surface area contributed by atoms with E-state index >= 15 is 0 Å². The molecule has 2 aromatic rings. The minimum absolute atomic E-state index is 0.725. The summed E-state index contributed by atoms with van der Waals surface area (Å²) in [5, 5.41) is 4.08. The van der Waals surface area contributed by atoms with Crippen molar-refractivity contribution in [1.29, 1.82) is 0 Å². The molecular formula is C15H17ClN4. The fraction of sp³-hybridized carbons (Fsp3) is 0.333. The highest BCUT2D eigenvalue weighted by molar-refractivity contribution is 6.30. The molecular weight excluding hydrogens is 272 g/mol. The summed E-state index contributed by atoms with van der Waals surface area (Å²) < 4.78 is 0. The second kappa shape index (κ2) is 5.77. The van der Waals surface area contributed by atoms with Crippen LogP contribution in [0.1, 0.15) is 5.69 Å². The molecule has 4 nitrogen and oxygen atoms in total. The summed E-state index contributed by atoms with van der Waals surface area (Å²) in [6, 6.07) is 7.61. The molecule has 1 aromatic heterocycles. The van der Waals surface area contributed by atoms with Crippen molar-refractivity contribution in [2.45, 2.75) is 6.92 Å². The first-order chi connectivity index (χ1) is 9.74. The molecule has 0 atom stereocenters. The Morgan fingerprint density at radius 3 is 2.50 bits per heavy atom. The summed E-state index contributed by atoms with van der Waals surface area (Å²) in [6.45, 7) is 6.07. The second-order valence-electron chi connectivity index (χ2n) is 4.91. The molecule has 1 aromatic carbocycles. The minimum Gasteiger partial charge on any atom is -0.366 e. The van der Waals surface area contributed by atoms with Gasteiger partial charge in [0.05, 0.1) is 17.6 Å². The van der Waals surface area contributed by atoms with Crippen LogP contribution in [0, 0.1) is 6.92 Å². The Kier molecular flexibility index (Phi) is 3.85. The molecule has 20 heavy (non-hydrogen) atoms. The SMILES string of the molecule is Cc1nc(-c2ccc(Cl)cc2)ncc1N1CCNCC1. The van der Waals surface area contributed by atoms with E-state index in [1.807, 2.05) is 37.4 Å². The van der Waals surface area contributed by atoms with E-state index in [1.54, 1.807) is 0 Å². The fourth-order valence-corrected chi connectivity index (χ4v) is 2.54. The van der Waals surface area contributed by atoms with Gasteiger partial charge in [0, 0.05) is 36.8 Å². The van der Waals surface area contributed by atoms with Gasteiger partial charge in [-0.05, 0) is 31.2 Å². The molecule has 0 radical (unpaired) electrons. The van der Waals surface area contributed by atoms with Crippen LogP contribution >= 0.6 is 11.6 Å². The molecule has 0 amide bonds. The van der Waals surface area contributed by atoms with Gasteiger partial charge in [0.1, 0.15) is 0 Å². The molecule has 1 saturated heterocycles. The Morgan fingerprint density at radius 1 is 1.15 bits per heavy atom. The lowest BCUT2D eigenvalue weighted by molar-refractivity contribution is 0.587. The Hall–Kier alpha value is -1.65. The van der Waals surface area contributed by atoms with E-state index in [1.165, 1.54) is 0 Å². The van der Waals surface area contributed by atoms with Gasteiger partial charge in [0.15, 0.2) is 5.82 Å². The lowest BCUT2D eigenvalue weighted by Gasteiger charge is -2.30. The third-order valence-electron chi connectivity index (χ3n) is 3.51. The van der Waals surface area contributed by atoms with Crippen molar-refractivity contribution in [2.24, 2.45) is 0 Å². The minimum atomic E-state index is 0.725. The normalized spacial score (nSPS) is 15.4. The van der Waals surface area contributed by atoms with Crippen molar-refractivity contribution >= 4 is 17.3 Å². The smallest absolute Gasteiger partial charge is 0.159 e. The number of halogens is 1. The number of rotatable bonds is 2. The first kappa shape index (κ1) is 13.3. The van der Waals surface area contributed by atoms with Crippen molar-refractivity contribution < 1.29 is 0 Å². The van der Waals surface area contributed by atoms with Crippen molar-refractivity contribution in [3.05, 3.63) is 41.2 Å². The predicted molar refractivity (Wildman–Crippen MR) is 82.3 cm³/mol. The standard InChI is InChI=1S/C15H17ClN4/c1-11-14(20-8-6-17-7-9-20)10-18-15(19-11)12-2-4-13(16)5-3-12/h2-5,10,17H,6-9H2,1H3. The number of hydrogen-bond acceptors (Lipinski definition) is 4. The van der Waals surface area contributed by atoms with Gasteiger partial charge in [-0.2, -0.15) is 0 Å². The first-order valence-electron chi connectivity index (χ1n) is 6.79. The topological polar surface area (TPSA) is 41.1 Å². The van der Waals surface area contributed by atoms with Crippen LogP contribution in [0.2, 0.25) is 5.02 Å². The van der Waals surface area contributed by atoms with Crippen molar-refractivity contribution in [3.8, 4) is 11.4 Å². The maximum Gasteiger partial charge on any atom is 0.159 e. The van der Waals surface area contributed by atoms with Crippen LogP contribution in [0.15, 0.2) is 30.5 Å². The lowest BCUT2D eigenvalue weighted by Crippen LogP contribution is -2.43. The van der Waals surface area contributed by atoms with Crippen LogP contribution in [0.3, 0.4) is 0 Å². The molecule has 3 rings (SSSR count). The summed E-state index contributed by atoms with van der Waals surface area (Å²) in [7, 11) is 0. The van der Waals surface area contributed by atoms with Crippen molar-refractivity contribution in [3.63, 3.8) is 0 Å². The van der Waals surface area contributed by atoms with Gasteiger partial charge >= 0.3 is 0 Å². The number of benzene rings is 1. The van der Waals surface area contributed by atoms with E-state index in [9.17, 15) is 0 Å². The van der Waals surface area contributed by atoms with Crippen LogP contribution in [0.25, 0.3) is 11.4 Å². The third kappa shape index (κ3) is 2.76. The van der Waals surface area contributed by atoms with Crippen molar-refractivity contribution in [2.75, 3.05) is 31.1 Å². The molecule has 0 aliphatic carbocycles. The number of aryl methyl sites for hydroxylation is 1. The van der Waals surface area contributed by atoms with Crippen LogP contribution in [0.5, 0.6) is 0 Å². The van der Waals surface area contributed by atoms with Gasteiger partial charge in [0.2, 0.25) is 0 Å². The van der Waals surface area contributed by atoms with E-state index in [0.717, 1.165) is 54.0 Å². The maximum absolute atomic E-state index is 5.90. The molecule has 1 N–H and O–H groups in total. The van der Waals surface area contributed by atoms with E-state index in [-0.39, 0.29) is 0 Å². The molecule has 0 saturated carbocycles. The number of nitrogens with one attached hydrogen (secondary N) is 1. The van der Waals surface area contributed by atoms with Gasteiger partial charge in [-0.1, -0.05) is 11.6 Å². The van der Waals surface area contributed by atoms with E-state index in [4.69, 9.17) is 11.6 Å². The zero-order valence-electron chi connectivity index (χ0n) is 11.4. The number of nitrogens with zero attached hydrogens (tertiary/aromatic N) is 3. The molecule has 2 heterocycles. The molecule has 0 bridgehead atoms. The lowest BCUT2D eigenvalue weighted by atomic mass is 10.2. The predicted octanol–water partition coefficient (Wildman–Crippen LogP) is 2.52. The molecule has 104 valence electrons. The molecule has 5 heteroatoms. The van der Waals surface area contributed by atoms with Gasteiger partial charge < -0.3 is 10.2 Å². The summed E-state index contributed by atoms with van der Waals surface area (Å²) in [6.07, 6.45) is 1.93. The van der Waals surface area contributed by atoms with Crippen LogP contribution < -0.4 is 10.2 Å². The third-order valence-corrected chi connectivity index (χ3v) is 3.77. The van der Waals surface area contributed by atoms with Gasteiger partial charge in [0.25, 0.3) is 0 Å². The summed E-state index contributed by atoms with van der Waals surface area (Å²) >= 11 is 5.90. The Labute approximate surface area is 123 Å². The van der Waals surface area contributed by atoms with E-state index in [0.29, 0.717) is 0 Å². The van der Waals surface area contributed by atoms with E-state index in [2.05, 4.69) is 20.2 Å². The Bertz CT molecular complexity index is 591. The zero-order chi connectivity index (χ0) is 13.9. The van der Waals surface area contributed by atoms with Crippen LogP contribution in [-0.4, -0.2) is 36.1 Å². The molecule has 1 aliphatic rings. The molecule has 1 fully saturated rings. The largest absolute Gasteiger partial charge is 0.366 e. The zero-order valence-corrected chi connectivity index (χ0v) is 12.2. The van der Waals surface area contributed by atoms with Crippen LogP contribution in [-0.2, 0) is 0 Å². The highest BCUT2D eigenvalue weighted by atomic mass is 35.5. The quantitative estimate of drug-likeness (QED) is 0.922. The van der Waals surface area contributed by atoms with Gasteiger partial charge in [-0.15, -0.1) is 0 Å². The first-order valence-corrected chi connectivity index (χ1v) is 7.17. The Balaban J connectivity index is 1.88. The van der Waals surface area contributed by atoms with Crippen molar-refractivity contribution in [1.82, 2.24) is 15.3 Å². The number of hydrogen-bond donors (Lipinski definition) is 1. The summed E-state index contributed by atoms with van der Waals surface area (Å²) in [5.41, 5.74) is 3.14. The number of anilines is 1. The highest BCUT2D eigenvalue weighted by Crippen LogP contribution is 2.23. The highest BCUT2D eigenvalue weighted by Gasteiger charge is 2.14. The second-order valence-corrected chi connectivity index (χ2v) is 5.34. The molecule has 1 aliphatic heterocycles. The summed E-state index contributed by atoms with van der Waals surface area (Å²) in [4.78, 5) is 11.5. The van der Waals surface area contributed by atoms with Crippen LogP contribution in [0.4, 0.5) is 5.69 Å². The number of aromatic nitrogens is 2. The molecule has 0 spiro atoms. The summed E-state index contributed by atoms with van der Waals surface area (Å²) in [5.74, 6) is 0.748. The fourth-order valence-electron chi connectivity index (χ4n) is 2.41. The number of piperazine rings is 1. The van der Waals surface area contributed by atoms with E-state index < -0.39 is 0 Å². The average Bonchev–Trinajstić information content (AvgIpc) is 2.49. The molecule has 0 unspecified atom stereocenters. The maximum atomic E-state index is 5.90. The monoisotopic (exact) mass is 288 g/mol. The average molecular weight is 289 g/mol. The van der Waals surface area contributed by atoms with Gasteiger partial charge in [-0.3, -0.25) is 0 Å². The van der Waals surface area contributed by atoms with Gasteiger partial charge in [-0.25, -0.2) is 9.97 Å². The Morgan fingerprint density at radius 2 is 1.85 bits per heavy atom.